The summed E-state index contributed by atoms with van der Waals surface area (Å²) in [6.45, 7) is -0.582. The van der Waals surface area contributed by atoms with Gasteiger partial charge in [0, 0.05) is 0 Å². The van der Waals surface area contributed by atoms with Gasteiger partial charge in [-0.3, -0.25) is 9.59 Å². The molecule has 10 nitrogen and oxygen atoms in total. The third-order valence-electron chi connectivity index (χ3n) is 4.76. The van der Waals surface area contributed by atoms with Gasteiger partial charge in [-0.15, -0.1) is 0 Å². The van der Waals surface area contributed by atoms with E-state index in [2.05, 4.69) is 5.32 Å². The molecule has 2 rings (SSSR count). The fourth-order valence-corrected chi connectivity index (χ4v) is 3.05. The number of nitrogens with one attached hydrogen (secondary N) is 1. The van der Waals surface area contributed by atoms with Gasteiger partial charge in [0.25, 0.3) is 0 Å². The quantitative estimate of drug-likeness (QED) is 0.400. The zero-order chi connectivity index (χ0) is 24.8. The number of benzene rings is 2. The van der Waals surface area contributed by atoms with Crippen molar-refractivity contribution >= 4 is 24.1 Å². The van der Waals surface area contributed by atoms with E-state index in [-0.39, 0.29) is 19.6 Å². The van der Waals surface area contributed by atoms with E-state index in [1.54, 1.807) is 60.7 Å². The number of carbonyl (C=O) groups excluding carboxylic acids is 3. The molecule has 1 atom stereocenters. The van der Waals surface area contributed by atoms with E-state index in [1.807, 2.05) is 0 Å². The highest BCUT2D eigenvalue weighted by Crippen LogP contribution is 2.16. The minimum Gasteiger partial charge on any atom is -0.480 e. The molecule has 3 amide bonds. The number of carbonyl (C=O) groups is 4. The Morgan fingerprint density at radius 2 is 1.35 bits per heavy atom. The highest BCUT2D eigenvalue weighted by molar-refractivity contribution is 5.96. The van der Waals surface area contributed by atoms with Crippen molar-refractivity contribution in [1.29, 1.82) is 0 Å². The van der Waals surface area contributed by atoms with Crippen molar-refractivity contribution in [3.8, 4) is 0 Å². The van der Waals surface area contributed by atoms with Crippen molar-refractivity contribution < 1.29 is 33.8 Å². The Bertz CT molecular complexity index is 883. The number of carboxylic acids is 1. The van der Waals surface area contributed by atoms with Crippen molar-refractivity contribution in [2.45, 2.75) is 38.5 Å². The molecular formula is C24H29N3O7. The van der Waals surface area contributed by atoms with Gasteiger partial charge in [-0.2, -0.15) is 4.90 Å². The lowest BCUT2D eigenvalue weighted by Gasteiger charge is -2.28. The van der Waals surface area contributed by atoms with Crippen molar-refractivity contribution in [3.05, 3.63) is 71.8 Å². The molecule has 4 N–H and O–H groups in total. The Morgan fingerprint density at radius 3 is 1.79 bits per heavy atom. The number of nitrogens with two attached hydrogens (primary N) is 1. The normalized spacial score (nSPS) is 11.2. The highest BCUT2D eigenvalue weighted by Gasteiger charge is 2.37. The van der Waals surface area contributed by atoms with Gasteiger partial charge in [0.05, 0.1) is 0 Å². The average molecular weight is 472 g/mol. The summed E-state index contributed by atoms with van der Waals surface area (Å²) in [7, 11) is 0. The number of hydrogen-bond acceptors (Lipinski definition) is 7. The van der Waals surface area contributed by atoms with E-state index in [4.69, 9.17) is 20.3 Å². The van der Waals surface area contributed by atoms with Gasteiger partial charge in [0.15, 0.2) is 0 Å². The summed E-state index contributed by atoms with van der Waals surface area (Å²) in [6, 6.07) is 16.3. The second-order valence-electron chi connectivity index (χ2n) is 7.36. The van der Waals surface area contributed by atoms with Crippen LogP contribution in [0.25, 0.3) is 0 Å². The van der Waals surface area contributed by atoms with Gasteiger partial charge in [-0.25, -0.2) is 9.59 Å². The number of amides is 3. The van der Waals surface area contributed by atoms with Gasteiger partial charge >= 0.3 is 18.2 Å². The molecule has 0 bridgehead atoms. The number of aliphatic carboxylic acids is 1. The van der Waals surface area contributed by atoms with Gasteiger partial charge in [-0.1, -0.05) is 60.7 Å². The van der Waals surface area contributed by atoms with Crippen LogP contribution in [0.15, 0.2) is 60.7 Å². The smallest absolute Gasteiger partial charge is 0.420 e. The highest BCUT2D eigenvalue weighted by atomic mass is 16.6. The maximum atomic E-state index is 13.0. The molecule has 0 spiro atoms. The summed E-state index contributed by atoms with van der Waals surface area (Å²) in [4.78, 5) is 50.2. The largest absolute Gasteiger partial charge is 0.480 e. The molecule has 34 heavy (non-hydrogen) atoms. The predicted molar refractivity (Wildman–Crippen MR) is 122 cm³/mol. The lowest BCUT2D eigenvalue weighted by atomic mass is 10.1. The second kappa shape index (κ2) is 14.3. The molecule has 0 aliphatic carbocycles. The topological polar surface area (TPSA) is 148 Å². The van der Waals surface area contributed by atoms with E-state index in [0.29, 0.717) is 35.4 Å². The molecule has 0 saturated heterocycles. The summed E-state index contributed by atoms with van der Waals surface area (Å²) in [5, 5.41) is 11.1. The number of ether oxygens (including phenoxy) is 2. The third-order valence-corrected chi connectivity index (χ3v) is 4.76. The summed E-state index contributed by atoms with van der Waals surface area (Å²) in [6.07, 6.45) is -1.15. The fraction of sp³-hybridized carbons (Fsp3) is 0.333. The Morgan fingerprint density at radius 1 is 0.853 bits per heavy atom. The molecule has 0 fully saturated rings. The predicted octanol–water partition coefficient (Wildman–Crippen LogP) is 2.66. The van der Waals surface area contributed by atoms with E-state index < -0.39 is 36.6 Å². The summed E-state index contributed by atoms with van der Waals surface area (Å²) in [5.74, 6) is -2.08. The lowest BCUT2D eigenvalue weighted by Crippen LogP contribution is -2.53. The fourth-order valence-electron chi connectivity index (χ4n) is 3.05. The first-order chi connectivity index (χ1) is 16.4. The van der Waals surface area contributed by atoms with Gasteiger partial charge in [-0.05, 0) is 36.9 Å². The van der Waals surface area contributed by atoms with Crippen LogP contribution in [0.3, 0.4) is 0 Å². The zero-order valence-electron chi connectivity index (χ0n) is 18.7. The Labute approximate surface area is 197 Å². The molecule has 1 unspecified atom stereocenters. The first-order valence-corrected chi connectivity index (χ1v) is 10.8. The number of rotatable bonds is 12. The molecule has 0 heterocycles. The number of hydrogen-bond donors (Lipinski definition) is 3. The van der Waals surface area contributed by atoms with Gasteiger partial charge < -0.3 is 25.6 Å². The molecule has 0 saturated carbocycles. The monoisotopic (exact) mass is 471 g/mol. The molecule has 2 aromatic rings. The molecule has 0 radical (unpaired) electrons. The minimum absolute atomic E-state index is 0.0591. The maximum Gasteiger partial charge on any atom is 0.420 e. The van der Waals surface area contributed by atoms with Crippen LogP contribution in [-0.4, -0.2) is 53.2 Å². The van der Waals surface area contributed by atoms with E-state index in [1.165, 1.54) is 0 Å². The second-order valence-corrected chi connectivity index (χ2v) is 7.36. The molecular weight excluding hydrogens is 442 g/mol. The Balaban J connectivity index is 2.22. The number of carboxylic acid groups (broad SMARTS) is 1. The number of imide groups is 1. The van der Waals surface area contributed by atoms with Crippen LogP contribution in [0.2, 0.25) is 0 Å². The molecule has 0 aliphatic rings. The summed E-state index contributed by atoms with van der Waals surface area (Å²) >= 11 is 0. The van der Waals surface area contributed by atoms with Crippen LogP contribution >= 0.6 is 0 Å². The van der Waals surface area contributed by atoms with Crippen molar-refractivity contribution in [3.63, 3.8) is 0 Å². The SMILES string of the molecule is NCCCCC(C(=O)NCC(=O)O)N(C(=O)OCc1ccccc1)C(=O)OCc1ccccc1. The molecule has 2 aromatic carbocycles. The molecule has 182 valence electrons. The van der Waals surface area contributed by atoms with Crippen LogP contribution in [0, 0.1) is 0 Å². The number of nitrogens with zero attached hydrogens (tertiary/aromatic N) is 1. The Kier molecular flexibility index (Phi) is 11.1. The van der Waals surface area contributed by atoms with Crippen molar-refractivity contribution in [1.82, 2.24) is 10.2 Å². The van der Waals surface area contributed by atoms with Crippen LogP contribution in [0.1, 0.15) is 30.4 Å². The number of unbranched alkanes of at least 4 members (excludes halogenated alkanes) is 1. The average Bonchev–Trinajstić information content (AvgIpc) is 2.85. The van der Waals surface area contributed by atoms with Crippen molar-refractivity contribution in [2.75, 3.05) is 13.1 Å². The maximum absolute atomic E-state index is 13.0. The van der Waals surface area contributed by atoms with Crippen LogP contribution < -0.4 is 11.1 Å². The molecule has 10 heteroatoms. The summed E-state index contributed by atoms with van der Waals surface area (Å²) < 4.78 is 10.6. The van der Waals surface area contributed by atoms with Gasteiger partial charge in [0.2, 0.25) is 5.91 Å². The van der Waals surface area contributed by atoms with Crippen LogP contribution in [0.5, 0.6) is 0 Å². The van der Waals surface area contributed by atoms with E-state index in [9.17, 15) is 19.2 Å². The first kappa shape index (κ1) is 26.3. The van der Waals surface area contributed by atoms with E-state index in [0.717, 1.165) is 0 Å². The minimum atomic E-state index is -1.34. The molecule has 0 aliphatic heterocycles. The zero-order valence-corrected chi connectivity index (χ0v) is 18.7. The van der Waals surface area contributed by atoms with Gasteiger partial charge in [0.1, 0.15) is 25.8 Å². The van der Waals surface area contributed by atoms with Crippen LogP contribution in [0.4, 0.5) is 9.59 Å². The third kappa shape index (κ3) is 8.91. The lowest BCUT2D eigenvalue weighted by molar-refractivity contribution is -0.138. The van der Waals surface area contributed by atoms with Crippen molar-refractivity contribution in [2.24, 2.45) is 5.73 Å². The van der Waals surface area contributed by atoms with Crippen LogP contribution in [-0.2, 0) is 32.3 Å². The molecule has 0 aromatic heterocycles. The summed E-state index contributed by atoms with van der Waals surface area (Å²) in [5.41, 5.74) is 6.90. The standard InChI is InChI=1S/C24H29N3O7/c25-14-8-7-13-20(22(30)26-15-21(28)29)27(23(31)33-16-18-9-3-1-4-10-18)24(32)34-17-19-11-5-2-6-12-19/h1-6,9-12,20H,7-8,13-17,25H2,(H,26,30)(H,28,29). The van der Waals surface area contributed by atoms with E-state index >= 15 is 0 Å². The Hall–Kier alpha value is -3.92. The first-order valence-electron chi connectivity index (χ1n) is 10.8.